The van der Waals surface area contributed by atoms with E-state index >= 15 is 0 Å². The van der Waals surface area contributed by atoms with Crippen LogP contribution in [0.5, 0.6) is 46.0 Å². The molecule has 336 valence electrons. The SMILES string of the molecule is COc1cc2ccccc2cc1OCCOCCOc1cc2ccccc2cc1OCCOCCOc1cc2ccccc2cc1OCCOCCOc1cc2ccccc2cc1OC. The topological polar surface area (TPSA) is 102 Å². The largest absolute Gasteiger partial charge is 0.493 e. The fourth-order valence-corrected chi connectivity index (χ4v) is 7.36. The Labute approximate surface area is 379 Å². The number of rotatable bonds is 26. The zero-order valence-corrected chi connectivity index (χ0v) is 36.8. The van der Waals surface area contributed by atoms with Crippen molar-refractivity contribution in [1.82, 2.24) is 0 Å². The van der Waals surface area contributed by atoms with E-state index in [-0.39, 0.29) is 0 Å². The average Bonchev–Trinajstić information content (AvgIpc) is 3.34. The fourth-order valence-electron chi connectivity index (χ4n) is 7.36. The Bertz CT molecular complexity index is 2580. The molecule has 0 saturated heterocycles. The van der Waals surface area contributed by atoms with Crippen molar-refractivity contribution < 1.29 is 52.1 Å². The monoisotopic (exact) mass is 878 g/mol. The zero-order chi connectivity index (χ0) is 44.5. The Morgan fingerprint density at radius 3 is 0.585 bits per heavy atom. The number of methoxy groups -OCH3 is 2. The van der Waals surface area contributed by atoms with E-state index in [1.54, 1.807) is 14.2 Å². The molecule has 11 heteroatoms. The number of hydrogen-bond donors (Lipinski definition) is 0. The van der Waals surface area contributed by atoms with Gasteiger partial charge in [-0.05, 0) is 91.6 Å². The van der Waals surface area contributed by atoms with Crippen molar-refractivity contribution in [2.45, 2.75) is 0 Å². The van der Waals surface area contributed by atoms with Crippen LogP contribution in [-0.4, -0.2) is 93.5 Å². The first-order valence-corrected chi connectivity index (χ1v) is 21.8. The summed E-state index contributed by atoms with van der Waals surface area (Å²) in [6.07, 6.45) is 0. The third-order valence-corrected chi connectivity index (χ3v) is 10.6. The minimum absolute atomic E-state index is 0.325. The van der Waals surface area contributed by atoms with Gasteiger partial charge in [-0.2, -0.15) is 0 Å². The third kappa shape index (κ3) is 12.2. The van der Waals surface area contributed by atoms with Crippen molar-refractivity contribution in [3.63, 3.8) is 0 Å². The van der Waals surface area contributed by atoms with Crippen LogP contribution < -0.4 is 37.9 Å². The normalized spacial score (nSPS) is 11.2. The first-order valence-electron chi connectivity index (χ1n) is 21.8. The van der Waals surface area contributed by atoms with Crippen molar-refractivity contribution in [3.05, 3.63) is 146 Å². The van der Waals surface area contributed by atoms with Crippen molar-refractivity contribution in [3.8, 4) is 46.0 Å². The number of hydrogen-bond acceptors (Lipinski definition) is 11. The van der Waals surface area contributed by atoms with Crippen LogP contribution >= 0.6 is 0 Å². The van der Waals surface area contributed by atoms with E-state index < -0.39 is 0 Å². The summed E-state index contributed by atoms with van der Waals surface area (Å²) >= 11 is 0. The fraction of sp³-hybridized carbons (Fsp3) is 0.259. The Morgan fingerprint density at radius 1 is 0.231 bits per heavy atom. The summed E-state index contributed by atoms with van der Waals surface area (Å²) < 4.78 is 65.4. The predicted molar refractivity (Wildman–Crippen MR) is 254 cm³/mol. The quantitative estimate of drug-likeness (QED) is 0.0486. The van der Waals surface area contributed by atoms with Crippen molar-refractivity contribution >= 4 is 43.1 Å². The first kappa shape index (κ1) is 44.7. The molecule has 0 N–H and O–H groups in total. The van der Waals surface area contributed by atoms with Crippen LogP contribution in [0.3, 0.4) is 0 Å². The molecular formula is C54H54O11. The Morgan fingerprint density at radius 2 is 0.400 bits per heavy atom. The van der Waals surface area contributed by atoms with Gasteiger partial charge in [0.1, 0.15) is 39.6 Å². The maximum atomic E-state index is 6.19. The predicted octanol–water partition coefficient (Wildman–Crippen LogP) is 10.7. The molecule has 0 amide bonds. The molecule has 0 aromatic heterocycles. The van der Waals surface area contributed by atoms with Gasteiger partial charge < -0.3 is 52.1 Å². The molecule has 0 radical (unpaired) electrons. The van der Waals surface area contributed by atoms with E-state index in [1.165, 1.54) is 0 Å². The highest BCUT2D eigenvalue weighted by Crippen LogP contribution is 2.36. The van der Waals surface area contributed by atoms with Crippen LogP contribution in [-0.2, 0) is 14.2 Å². The summed E-state index contributed by atoms with van der Waals surface area (Å²) in [5.41, 5.74) is 0. The molecule has 8 rings (SSSR count). The molecule has 0 unspecified atom stereocenters. The molecule has 0 atom stereocenters. The summed E-state index contributed by atoms with van der Waals surface area (Å²) in [6, 6.07) is 48.3. The van der Waals surface area contributed by atoms with Gasteiger partial charge in [-0.25, -0.2) is 0 Å². The van der Waals surface area contributed by atoms with E-state index in [0.717, 1.165) is 43.1 Å². The van der Waals surface area contributed by atoms with Crippen molar-refractivity contribution in [2.24, 2.45) is 0 Å². The lowest BCUT2D eigenvalue weighted by Crippen LogP contribution is -2.14. The molecule has 11 nitrogen and oxygen atoms in total. The maximum absolute atomic E-state index is 6.19. The van der Waals surface area contributed by atoms with Gasteiger partial charge in [0, 0.05) is 0 Å². The van der Waals surface area contributed by atoms with Crippen LogP contribution in [0, 0.1) is 0 Å². The second-order valence-corrected chi connectivity index (χ2v) is 14.9. The smallest absolute Gasteiger partial charge is 0.161 e. The lowest BCUT2D eigenvalue weighted by molar-refractivity contribution is 0.0671. The molecular weight excluding hydrogens is 825 g/mol. The van der Waals surface area contributed by atoms with E-state index in [1.807, 2.05) is 146 Å². The van der Waals surface area contributed by atoms with Crippen LogP contribution in [0.2, 0.25) is 0 Å². The molecule has 0 aliphatic rings. The number of ether oxygens (including phenoxy) is 11. The van der Waals surface area contributed by atoms with E-state index in [2.05, 4.69) is 0 Å². The van der Waals surface area contributed by atoms with Crippen molar-refractivity contribution in [1.29, 1.82) is 0 Å². The molecule has 0 spiro atoms. The summed E-state index contributed by atoms with van der Waals surface area (Å²) in [7, 11) is 3.28. The maximum Gasteiger partial charge on any atom is 0.161 e. The summed E-state index contributed by atoms with van der Waals surface area (Å²) in [6.45, 7) is 4.35. The van der Waals surface area contributed by atoms with Gasteiger partial charge in [0.05, 0.1) is 53.9 Å². The molecule has 0 fully saturated rings. The second kappa shape index (κ2) is 23.1. The molecule has 0 aliphatic heterocycles. The van der Waals surface area contributed by atoms with Crippen LogP contribution in [0.4, 0.5) is 0 Å². The molecule has 0 heterocycles. The summed E-state index contributed by atoms with van der Waals surface area (Å²) in [4.78, 5) is 0. The van der Waals surface area contributed by atoms with E-state index in [4.69, 9.17) is 52.1 Å². The second-order valence-electron chi connectivity index (χ2n) is 14.9. The molecule has 0 aliphatic carbocycles. The molecule has 65 heavy (non-hydrogen) atoms. The van der Waals surface area contributed by atoms with Crippen LogP contribution in [0.25, 0.3) is 43.1 Å². The Kier molecular flexibility index (Phi) is 15.9. The third-order valence-electron chi connectivity index (χ3n) is 10.6. The Balaban J connectivity index is 0.751. The van der Waals surface area contributed by atoms with Gasteiger partial charge in [0.15, 0.2) is 46.0 Å². The number of benzene rings is 8. The molecule has 8 aromatic rings. The highest BCUT2D eigenvalue weighted by atomic mass is 16.6. The first-order chi connectivity index (χ1) is 32.1. The zero-order valence-electron chi connectivity index (χ0n) is 36.8. The lowest BCUT2D eigenvalue weighted by Gasteiger charge is -2.16. The van der Waals surface area contributed by atoms with Gasteiger partial charge in [-0.1, -0.05) is 97.1 Å². The summed E-state index contributed by atoms with van der Waals surface area (Å²) in [5.74, 6) is 5.28. The highest BCUT2D eigenvalue weighted by molar-refractivity contribution is 5.88. The average molecular weight is 879 g/mol. The lowest BCUT2D eigenvalue weighted by atomic mass is 10.1. The van der Waals surface area contributed by atoms with E-state index in [0.29, 0.717) is 125 Å². The minimum Gasteiger partial charge on any atom is -0.493 e. The van der Waals surface area contributed by atoms with Gasteiger partial charge >= 0.3 is 0 Å². The Hall–Kier alpha value is -6.92. The molecule has 0 saturated carbocycles. The molecule has 0 bridgehead atoms. The minimum atomic E-state index is 0.325. The van der Waals surface area contributed by atoms with E-state index in [9.17, 15) is 0 Å². The molecule has 8 aromatic carbocycles. The van der Waals surface area contributed by atoms with Crippen LogP contribution in [0.15, 0.2) is 146 Å². The van der Waals surface area contributed by atoms with Gasteiger partial charge in [-0.3, -0.25) is 0 Å². The van der Waals surface area contributed by atoms with Gasteiger partial charge in [0.25, 0.3) is 0 Å². The van der Waals surface area contributed by atoms with Crippen LogP contribution in [0.1, 0.15) is 0 Å². The van der Waals surface area contributed by atoms with Crippen molar-refractivity contribution in [2.75, 3.05) is 93.5 Å². The standard InChI is InChI=1S/C54H54O11/c1-55-47-31-39-11-3-5-13-41(39)33-49(47)60-25-19-57-21-27-62-51-35-43-15-7-9-17-45(43)37-53(51)64-29-23-59-24-30-65-54-38-46-18-10-8-16-44(46)36-52(54)63-28-22-58-20-26-61-50-34-42-14-6-4-12-40(42)32-48(50)56-2/h3-18,31-38H,19-30H2,1-2H3. The van der Waals surface area contributed by atoms with Gasteiger partial charge in [0.2, 0.25) is 0 Å². The highest BCUT2D eigenvalue weighted by Gasteiger charge is 2.12. The van der Waals surface area contributed by atoms with Gasteiger partial charge in [-0.15, -0.1) is 0 Å². The summed E-state index contributed by atoms with van der Waals surface area (Å²) in [5, 5.41) is 8.56. The number of fused-ring (bicyclic) bond motifs is 4.